The summed E-state index contributed by atoms with van der Waals surface area (Å²) in [5.41, 5.74) is 4.81. The third kappa shape index (κ3) is 8.73. The van der Waals surface area contributed by atoms with E-state index in [0.29, 0.717) is 0 Å². The Labute approximate surface area is 262 Å². The van der Waals surface area contributed by atoms with Crippen LogP contribution in [0.1, 0.15) is 0 Å². The Hall–Kier alpha value is -1.52. The molecule has 0 unspecified atom stereocenters. The van der Waals surface area contributed by atoms with Gasteiger partial charge in [-0.3, -0.25) is 0 Å². The van der Waals surface area contributed by atoms with Crippen LogP contribution in [0.5, 0.6) is 0 Å². The summed E-state index contributed by atoms with van der Waals surface area (Å²) >= 11 is 11.6. The number of hydrogen-bond donors (Lipinski definition) is 0. The van der Waals surface area contributed by atoms with Crippen molar-refractivity contribution in [1.82, 2.24) is 0 Å². The molecule has 0 aliphatic rings. The van der Waals surface area contributed by atoms with E-state index in [2.05, 4.69) is 84.9 Å². The third-order valence-corrected chi connectivity index (χ3v) is 8.94. The average molecular weight is 702 g/mol. The molecular weight excluding hydrogens is 679 g/mol. The van der Waals surface area contributed by atoms with Crippen LogP contribution in [0, 0.1) is 0 Å². The summed E-state index contributed by atoms with van der Waals surface area (Å²) in [6.45, 7) is 0. The fourth-order valence-electron chi connectivity index (χ4n) is 3.90. The molecule has 2 heterocycles. The summed E-state index contributed by atoms with van der Waals surface area (Å²) in [7, 11) is 12.3. The summed E-state index contributed by atoms with van der Waals surface area (Å²) < 4.78 is 0. The van der Waals surface area contributed by atoms with Gasteiger partial charge in [0.1, 0.15) is 0 Å². The standard InChI is InChI=1S/2C16H11ClP.2ClH.Zr/c2*17-14-9-5-4-8-13(14)16-11-10-15(18-16)12-6-2-1-3-7-12;;;/h2*1-11H;2*1H;/q2*-1;;;+4/p-2. The van der Waals surface area contributed by atoms with E-state index in [0.717, 1.165) is 21.2 Å². The summed E-state index contributed by atoms with van der Waals surface area (Å²) in [6.07, 6.45) is 0. The van der Waals surface area contributed by atoms with Crippen LogP contribution in [-0.4, -0.2) is 0 Å². The molecule has 4 aromatic carbocycles. The Morgan fingerprint density at radius 1 is 0.462 bits per heavy atom. The van der Waals surface area contributed by atoms with Crippen molar-refractivity contribution in [3.8, 4) is 43.4 Å². The minimum atomic E-state index is -0.826. The van der Waals surface area contributed by atoms with Crippen molar-refractivity contribution < 1.29 is 20.8 Å². The van der Waals surface area contributed by atoms with Crippen LogP contribution in [0.4, 0.5) is 0 Å². The Balaban J connectivity index is 0.000000165. The van der Waals surface area contributed by atoms with E-state index in [-0.39, 0.29) is 0 Å². The van der Waals surface area contributed by atoms with Crippen molar-refractivity contribution in [2.75, 3.05) is 0 Å². The summed E-state index contributed by atoms with van der Waals surface area (Å²) in [5, 5.41) is 6.81. The number of hydrogen-bond acceptors (Lipinski definition) is 0. The molecule has 6 aromatic rings. The van der Waals surface area contributed by atoms with E-state index >= 15 is 0 Å². The second kappa shape index (κ2) is 16.1. The van der Waals surface area contributed by atoms with Gasteiger partial charge in [-0.2, -0.15) is 16.4 Å². The SMILES string of the molecule is Clc1ccccc1-c1cc[c-](-c2ccccc2)p1.Clc1ccccc1-c1cc[c-](-c2ccccc2)p1.[Cl][Zr+2][Cl]. The molecule has 2 aromatic heterocycles. The van der Waals surface area contributed by atoms with Crippen LogP contribution >= 0.6 is 56.6 Å². The minimum absolute atomic E-state index is 0.818. The van der Waals surface area contributed by atoms with Crippen molar-refractivity contribution >= 4 is 56.6 Å². The van der Waals surface area contributed by atoms with Crippen LogP contribution in [0.2, 0.25) is 10.0 Å². The number of halogens is 4. The van der Waals surface area contributed by atoms with Crippen LogP contribution < -0.4 is 0 Å². The molecule has 0 amide bonds. The van der Waals surface area contributed by atoms with Gasteiger partial charge in [0.25, 0.3) is 0 Å². The van der Waals surface area contributed by atoms with Gasteiger partial charge in [0.05, 0.1) is 0 Å². The van der Waals surface area contributed by atoms with Crippen molar-refractivity contribution in [3.63, 3.8) is 0 Å². The first-order valence-electron chi connectivity index (χ1n) is 11.9. The van der Waals surface area contributed by atoms with E-state index in [9.17, 15) is 0 Å². The van der Waals surface area contributed by atoms with Crippen molar-refractivity contribution in [2.24, 2.45) is 0 Å². The summed E-state index contributed by atoms with van der Waals surface area (Å²) in [5.74, 6) is 0. The zero-order chi connectivity index (χ0) is 27.5. The van der Waals surface area contributed by atoms with Gasteiger partial charge in [0.2, 0.25) is 0 Å². The van der Waals surface area contributed by atoms with Gasteiger partial charge >= 0.3 is 37.9 Å². The van der Waals surface area contributed by atoms with Crippen molar-refractivity contribution in [2.45, 2.75) is 0 Å². The molecule has 0 N–H and O–H groups in total. The quantitative estimate of drug-likeness (QED) is 0.161. The molecule has 0 saturated carbocycles. The molecule has 0 fully saturated rings. The molecule has 0 nitrogen and oxygen atoms in total. The van der Waals surface area contributed by atoms with Crippen molar-refractivity contribution in [3.05, 3.63) is 144 Å². The Kier molecular flexibility index (Phi) is 12.5. The molecule has 0 spiro atoms. The van der Waals surface area contributed by atoms with Gasteiger partial charge in [0.15, 0.2) is 0 Å². The van der Waals surface area contributed by atoms with Gasteiger partial charge in [-0.25, -0.2) is 0 Å². The molecular formula is C32H22Cl4P2Zr. The van der Waals surface area contributed by atoms with Gasteiger partial charge < -0.3 is 0 Å². The van der Waals surface area contributed by atoms with E-state index in [1.54, 1.807) is 0 Å². The molecule has 0 atom stereocenters. The predicted octanol–water partition coefficient (Wildman–Crippen LogP) is 13.3. The summed E-state index contributed by atoms with van der Waals surface area (Å²) in [4.78, 5) is 0. The van der Waals surface area contributed by atoms with Gasteiger partial charge in [-0.15, -0.1) is 59.7 Å². The topological polar surface area (TPSA) is 0 Å². The van der Waals surface area contributed by atoms with Gasteiger partial charge in [0, 0.05) is 10.0 Å². The Bertz CT molecular complexity index is 1460. The molecule has 0 radical (unpaired) electrons. The predicted molar refractivity (Wildman–Crippen MR) is 173 cm³/mol. The first-order valence-corrected chi connectivity index (χ1v) is 20.8. The molecule has 0 saturated heterocycles. The molecule has 0 aliphatic carbocycles. The van der Waals surface area contributed by atoms with E-state index in [4.69, 9.17) is 40.2 Å². The zero-order valence-corrected chi connectivity index (χ0v) is 27.9. The van der Waals surface area contributed by atoms with Gasteiger partial charge in [-0.1, -0.05) is 117 Å². The second-order valence-corrected chi connectivity index (χ2v) is 15.1. The van der Waals surface area contributed by atoms with Crippen LogP contribution in [0.3, 0.4) is 0 Å². The summed E-state index contributed by atoms with van der Waals surface area (Å²) in [6, 6.07) is 45.6. The fraction of sp³-hybridized carbons (Fsp3) is 0. The van der Waals surface area contributed by atoms with Crippen LogP contribution in [0.25, 0.3) is 43.4 Å². The van der Waals surface area contributed by atoms with Crippen LogP contribution in [0.15, 0.2) is 133 Å². The van der Waals surface area contributed by atoms with E-state index in [1.165, 1.54) is 48.7 Å². The fourth-order valence-corrected chi connectivity index (χ4v) is 6.81. The van der Waals surface area contributed by atoms with Gasteiger partial charge in [-0.05, 0) is 23.3 Å². The molecule has 192 valence electrons. The monoisotopic (exact) mass is 698 g/mol. The van der Waals surface area contributed by atoms with E-state index < -0.39 is 20.8 Å². The maximum absolute atomic E-state index is 6.23. The second-order valence-electron chi connectivity index (χ2n) is 8.19. The first kappa shape index (κ1) is 30.4. The maximum atomic E-state index is 6.23. The van der Waals surface area contributed by atoms with Crippen molar-refractivity contribution in [1.29, 1.82) is 0 Å². The molecule has 0 bridgehead atoms. The number of rotatable bonds is 4. The Morgan fingerprint density at radius 2 is 0.795 bits per heavy atom. The normalized spacial score (nSPS) is 10.4. The molecule has 6 rings (SSSR count). The van der Waals surface area contributed by atoms with E-state index in [1.807, 2.05) is 48.5 Å². The number of benzene rings is 4. The van der Waals surface area contributed by atoms with Crippen LogP contribution in [-0.2, 0) is 20.8 Å². The molecule has 0 aliphatic heterocycles. The zero-order valence-electron chi connectivity index (χ0n) is 20.6. The first-order chi connectivity index (χ1) is 19.1. The Morgan fingerprint density at radius 3 is 1.15 bits per heavy atom. The molecule has 7 heteroatoms. The average Bonchev–Trinajstić information content (AvgIpc) is 3.66. The molecule has 39 heavy (non-hydrogen) atoms. The third-order valence-electron chi connectivity index (χ3n) is 5.72.